The summed E-state index contributed by atoms with van der Waals surface area (Å²) in [7, 11) is 0. The highest BCUT2D eigenvalue weighted by atomic mass is 32.2. The first-order valence-corrected chi connectivity index (χ1v) is 9.69. The zero-order valence-electron chi connectivity index (χ0n) is 14.6. The summed E-state index contributed by atoms with van der Waals surface area (Å²) in [6.07, 6.45) is -0.141. The van der Waals surface area contributed by atoms with Gasteiger partial charge in [-0.2, -0.15) is 0 Å². The van der Waals surface area contributed by atoms with E-state index in [-0.39, 0.29) is 30.2 Å². The number of nitrogens with one attached hydrogen (secondary N) is 1. The number of para-hydroxylation sites is 1. The predicted octanol–water partition coefficient (Wildman–Crippen LogP) is 3.23. The third-order valence-corrected chi connectivity index (χ3v) is 6.00. The molecular weight excluding hydrogens is 367 g/mol. The van der Waals surface area contributed by atoms with Gasteiger partial charge < -0.3 is 15.0 Å². The van der Waals surface area contributed by atoms with Crippen LogP contribution in [-0.4, -0.2) is 41.7 Å². The van der Waals surface area contributed by atoms with E-state index in [9.17, 15) is 14.0 Å². The lowest BCUT2D eigenvalue weighted by Gasteiger charge is -2.34. The van der Waals surface area contributed by atoms with Crippen molar-refractivity contribution in [2.24, 2.45) is 0 Å². The Kier molecular flexibility index (Phi) is 5.13. The Morgan fingerprint density at radius 1 is 1.22 bits per heavy atom. The molecule has 2 heterocycles. The molecule has 2 amide bonds. The predicted molar refractivity (Wildman–Crippen MR) is 101 cm³/mol. The second-order valence-electron chi connectivity index (χ2n) is 6.55. The summed E-state index contributed by atoms with van der Waals surface area (Å²) in [5.41, 5.74) is 1.63. The van der Waals surface area contributed by atoms with Crippen molar-refractivity contribution in [3.8, 4) is 0 Å². The van der Waals surface area contributed by atoms with Gasteiger partial charge in [-0.3, -0.25) is 9.59 Å². The Bertz CT molecular complexity index is 859. The molecule has 0 bridgehead atoms. The third-order valence-electron chi connectivity index (χ3n) is 4.73. The number of fused-ring (bicyclic) bond motifs is 1. The Morgan fingerprint density at radius 3 is 2.81 bits per heavy atom. The maximum atomic E-state index is 13.1. The minimum Gasteiger partial charge on any atom is -0.370 e. The maximum Gasteiger partial charge on any atom is 0.238 e. The van der Waals surface area contributed by atoms with Gasteiger partial charge in [0.2, 0.25) is 11.8 Å². The molecule has 0 spiro atoms. The molecule has 2 unspecified atom stereocenters. The molecule has 27 heavy (non-hydrogen) atoms. The molecular formula is C20H19FN2O3S. The number of hydrogen-bond acceptors (Lipinski definition) is 4. The number of rotatable bonds is 3. The topological polar surface area (TPSA) is 58.6 Å². The number of hydrogen-bond donors (Lipinski definition) is 1. The Labute approximate surface area is 160 Å². The van der Waals surface area contributed by atoms with E-state index in [4.69, 9.17) is 4.74 Å². The second-order valence-corrected chi connectivity index (χ2v) is 7.79. The Morgan fingerprint density at radius 2 is 2.00 bits per heavy atom. The standard InChI is InChI=1S/C20H19FN2O3S/c21-14-7-5-13(6-8-14)16-12-23(9-10-26-16)19(24)11-18-20(25)22-15-3-1-2-4-17(15)27-18/h1-8,16,18H,9-12H2,(H,22,25). The van der Waals surface area contributed by atoms with Crippen LogP contribution in [0.25, 0.3) is 0 Å². The second kappa shape index (κ2) is 7.70. The first kappa shape index (κ1) is 18.0. The highest BCUT2D eigenvalue weighted by Crippen LogP contribution is 2.37. The minimum absolute atomic E-state index is 0.0718. The van der Waals surface area contributed by atoms with Crippen molar-refractivity contribution >= 4 is 29.3 Å². The van der Waals surface area contributed by atoms with Crippen LogP contribution in [0, 0.1) is 5.82 Å². The van der Waals surface area contributed by atoms with Gasteiger partial charge in [-0.15, -0.1) is 11.8 Å². The van der Waals surface area contributed by atoms with Crippen LogP contribution in [0.1, 0.15) is 18.1 Å². The van der Waals surface area contributed by atoms with Gasteiger partial charge in [-0.25, -0.2) is 4.39 Å². The highest BCUT2D eigenvalue weighted by molar-refractivity contribution is 8.01. The molecule has 7 heteroatoms. The molecule has 0 aliphatic carbocycles. The summed E-state index contributed by atoms with van der Waals surface area (Å²) >= 11 is 1.42. The van der Waals surface area contributed by atoms with Crippen molar-refractivity contribution in [2.45, 2.75) is 22.7 Å². The summed E-state index contributed by atoms with van der Waals surface area (Å²) < 4.78 is 18.9. The molecule has 0 aromatic heterocycles. The lowest BCUT2D eigenvalue weighted by atomic mass is 10.1. The van der Waals surface area contributed by atoms with Crippen LogP contribution in [0.5, 0.6) is 0 Å². The normalized spacial score (nSPS) is 22.1. The van der Waals surface area contributed by atoms with Crippen LogP contribution < -0.4 is 5.32 Å². The number of carbonyl (C=O) groups is 2. The van der Waals surface area contributed by atoms with Crippen LogP contribution in [0.2, 0.25) is 0 Å². The number of nitrogens with zero attached hydrogens (tertiary/aromatic N) is 1. The van der Waals surface area contributed by atoms with E-state index in [0.29, 0.717) is 19.7 Å². The van der Waals surface area contributed by atoms with Crippen LogP contribution >= 0.6 is 11.8 Å². The quantitative estimate of drug-likeness (QED) is 0.880. The lowest BCUT2D eigenvalue weighted by molar-refractivity contribution is -0.139. The number of anilines is 1. The number of ether oxygens (including phenoxy) is 1. The molecule has 4 rings (SSSR count). The SMILES string of the molecule is O=C1Nc2ccccc2SC1CC(=O)N1CCOC(c2ccc(F)cc2)C1. The zero-order chi connectivity index (χ0) is 18.8. The molecule has 2 aromatic rings. The minimum atomic E-state index is -0.445. The number of morpholine rings is 1. The van der Waals surface area contributed by atoms with E-state index in [1.54, 1.807) is 17.0 Å². The summed E-state index contributed by atoms with van der Waals surface area (Å²) in [6, 6.07) is 13.7. The summed E-state index contributed by atoms with van der Waals surface area (Å²) in [5.74, 6) is -0.518. The molecule has 1 fully saturated rings. The average Bonchev–Trinajstić information content (AvgIpc) is 2.69. The first-order valence-electron chi connectivity index (χ1n) is 8.81. The molecule has 2 aliphatic rings. The summed E-state index contributed by atoms with van der Waals surface area (Å²) in [6.45, 7) is 1.31. The number of halogens is 1. The van der Waals surface area contributed by atoms with Gasteiger partial charge in [0.25, 0.3) is 0 Å². The van der Waals surface area contributed by atoms with E-state index < -0.39 is 5.25 Å². The van der Waals surface area contributed by atoms with Crippen LogP contribution in [0.3, 0.4) is 0 Å². The largest absolute Gasteiger partial charge is 0.370 e. The van der Waals surface area contributed by atoms with Crippen molar-refractivity contribution in [3.05, 3.63) is 59.9 Å². The fourth-order valence-corrected chi connectivity index (χ4v) is 4.37. The molecule has 2 atom stereocenters. The van der Waals surface area contributed by atoms with Crippen molar-refractivity contribution < 1.29 is 18.7 Å². The van der Waals surface area contributed by atoms with Gasteiger partial charge >= 0.3 is 0 Å². The molecule has 2 aromatic carbocycles. The monoisotopic (exact) mass is 386 g/mol. The van der Waals surface area contributed by atoms with Gasteiger partial charge in [0.1, 0.15) is 11.9 Å². The Balaban J connectivity index is 1.41. The van der Waals surface area contributed by atoms with Crippen LogP contribution in [0.15, 0.2) is 53.4 Å². The fraction of sp³-hybridized carbons (Fsp3) is 0.300. The van der Waals surface area contributed by atoms with Crippen molar-refractivity contribution in [1.82, 2.24) is 4.90 Å². The molecule has 1 saturated heterocycles. The molecule has 5 nitrogen and oxygen atoms in total. The van der Waals surface area contributed by atoms with Crippen molar-refractivity contribution in [2.75, 3.05) is 25.0 Å². The maximum absolute atomic E-state index is 13.1. The van der Waals surface area contributed by atoms with Gasteiger partial charge in [0.15, 0.2) is 0 Å². The first-order chi connectivity index (χ1) is 13.1. The summed E-state index contributed by atoms with van der Waals surface area (Å²) in [5, 5.41) is 2.42. The Hall–Kier alpha value is -2.38. The van der Waals surface area contributed by atoms with E-state index in [1.807, 2.05) is 24.3 Å². The number of thioether (sulfide) groups is 1. The summed E-state index contributed by atoms with van der Waals surface area (Å²) in [4.78, 5) is 27.8. The zero-order valence-corrected chi connectivity index (χ0v) is 15.4. The van der Waals surface area contributed by atoms with Gasteiger partial charge in [-0.1, -0.05) is 24.3 Å². The van der Waals surface area contributed by atoms with Crippen LogP contribution in [-0.2, 0) is 14.3 Å². The third kappa shape index (κ3) is 3.99. The number of benzene rings is 2. The van der Waals surface area contributed by atoms with E-state index in [1.165, 1.54) is 23.9 Å². The lowest BCUT2D eigenvalue weighted by Crippen LogP contribution is -2.44. The van der Waals surface area contributed by atoms with Gasteiger partial charge in [0.05, 0.1) is 24.1 Å². The van der Waals surface area contributed by atoms with Gasteiger partial charge in [-0.05, 0) is 29.8 Å². The molecule has 0 saturated carbocycles. The van der Waals surface area contributed by atoms with Crippen molar-refractivity contribution in [1.29, 1.82) is 0 Å². The van der Waals surface area contributed by atoms with E-state index in [2.05, 4.69) is 5.32 Å². The smallest absolute Gasteiger partial charge is 0.238 e. The van der Waals surface area contributed by atoms with E-state index in [0.717, 1.165) is 16.1 Å². The fourth-order valence-electron chi connectivity index (χ4n) is 3.27. The number of amides is 2. The van der Waals surface area contributed by atoms with Gasteiger partial charge in [0, 0.05) is 17.9 Å². The number of carbonyl (C=O) groups excluding carboxylic acids is 2. The van der Waals surface area contributed by atoms with E-state index >= 15 is 0 Å². The molecule has 1 N–H and O–H groups in total. The highest BCUT2D eigenvalue weighted by Gasteiger charge is 2.32. The molecule has 140 valence electrons. The molecule has 0 radical (unpaired) electrons. The average molecular weight is 386 g/mol. The van der Waals surface area contributed by atoms with Crippen LogP contribution in [0.4, 0.5) is 10.1 Å². The van der Waals surface area contributed by atoms with Crippen molar-refractivity contribution in [3.63, 3.8) is 0 Å². The molecule has 2 aliphatic heterocycles.